The third kappa shape index (κ3) is 4.35. The molecule has 0 saturated heterocycles. The molecule has 2 rings (SSSR count). The molecule has 0 aromatic rings. The van der Waals surface area contributed by atoms with Crippen LogP contribution in [0.4, 0.5) is 0 Å². The van der Waals surface area contributed by atoms with E-state index in [2.05, 4.69) is 6.92 Å². The summed E-state index contributed by atoms with van der Waals surface area (Å²) in [5.74, 6) is -3.72. The topological polar surface area (TPSA) is 115 Å². The van der Waals surface area contributed by atoms with Gasteiger partial charge >= 0.3 is 0 Å². The first-order chi connectivity index (χ1) is 12.4. The molecule has 2 aliphatic carbocycles. The summed E-state index contributed by atoms with van der Waals surface area (Å²) in [7, 11) is 0. The van der Waals surface area contributed by atoms with Crippen LogP contribution in [0, 0.1) is 17.8 Å². The average Bonchev–Trinajstić information content (AvgIpc) is 2.61. The van der Waals surface area contributed by atoms with Crippen LogP contribution in [0.3, 0.4) is 0 Å². The number of hydrogen-bond donors (Lipinski definition) is 4. The van der Waals surface area contributed by atoms with Crippen molar-refractivity contribution in [2.75, 3.05) is 6.61 Å². The van der Waals surface area contributed by atoms with Gasteiger partial charge in [0.15, 0.2) is 5.76 Å². The van der Waals surface area contributed by atoms with Crippen LogP contribution < -0.4 is 0 Å². The first-order valence-electron chi connectivity index (χ1n) is 9.89. The van der Waals surface area contributed by atoms with Gasteiger partial charge in [0.1, 0.15) is 5.78 Å². The number of carbonyl (C=O) groups excluding carboxylic acids is 2. The summed E-state index contributed by atoms with van der Waals surface area (Å²) in [5.41, 5.74) is 0.388. The molecule has 0 heterocycles. The number of unbranched alkanes of at least 4 members (excludes halogenated alkanes) is 4. The van der Waals surface area contributed by atoms with Crippen molar-refractivity contribution in [3.63, 3.8) is 0 Å². The Hall–Kier alpha value is -1.24. The Balaban J connectivity index is 2.30. The van der Waals surface area contributed by atoms with Crippen molar-refractivity contribution in [1.29, 1.82) is 0 Å². The lowest BCUT2D eigenvalue weighted by Gasteiger charge is -2.45. The largest absolute Gasteiger partial charge is 0.504 e. The Morgan fingerprint density at radius 3 is 2.38 bits per heavy atom. The van der Waals surface area contributed by atoms with Gasteiger partial charge in [-0.15, -0.1) is 0 Å². The van der Waals surface area contributed by atoms with E-state index >= 15 is 0 Å². The number of ketones is 2. The lowest BCUT2D eigenvalue weighted by molar-refractivity contribution is -0.145. The molecule has 0 aromatic carbocycles. The second-order valence-corrected chi connectivity index (χ2v) is 7.64. The Morgan fingerprint density at radius 1 is 1.08 bits per heavy atom. The zero-order valence-electron chi connectivity index (χ0n) is 15.6. The number of allylic oxidation sites excluding steroid dienone is 2. The van der Waals surface area contributed by atoms with E-state index in [0.717, 1.165) is 32.1 Å². The molecular weight excluding hydrogens is 336 g/mol. The van der Waals surface area contributed by atoms with Crippen molar-refractivity contribution in [2.45, 2.75) is 76.9 Å². The van der Waals surface area contributed by atoms with Crippen LogP contribution in [0.1, 0.15) is 64.7 Å². The highest BCUT2D eigenvalue weighted by atomic mass is 16.3. The van der Waals surface area contributed by atoms with Gasteiger partial charge in [0.05, 0.1) is 18.1 Å². The van der Waals surface area contributed by atoms with Gasteiger partial charge in [0, 0.05) is 24.9 Å². The normalized spacial score (nSPS) is 31.8. The summed E-state index contributed by atoms with van der Waals surface area (Å²) >= 11 is 0. The molecule has 26 heavy (non-hydrogen) atoms. The maximum absolute atomic E-state index is 12.7. The summed E-state index contributed by atoms with van der Waals surface area (Å²) in [6, 6.07) is 0. The van der Waals surface area contributed by atoms with Gasteiger partial charge in [-0.3, -0.25) is 9.59 Å². The summed E-state index contributed by atoms with van der Waals surface area (Å²) in [4.78, 5) is 25.3. The second kappa shape index (κ2) is 9.62. The number of Topliss-reactive ketones (excluding diaryl/α,β-unsaturated/α-hetero) is 2. The third-order valence-electron chi connectivity index (χ3n) is 5.89. The van der Waals surface area contributed by atoms with Gasteiger partial charge < -0.3 is 20.4 Å². The monoisotopic (exact) mass is 368 g/mol. The number of aliphatic hydroxyl groups excluding tert-OH is 4. The van der Waals surface area contributed by atoms with E-state index in [4.69, 9.17) is 0 Å². The zero-order valence-corrected chi connectivity index (χ0v) is 15.6. The van der Waals surface area contributed by atoms with Gasteiger partial charge in [-0.05, 0) is 31.3 Å². The average molecular weight is 368 g/mol. The van der Waals surface area contributed by atoms with Crippen LogP contribution in [0.25, 0.3) is 0 Å². The van der Waals surface area contributed by atoms with Crippen molar-refractivity contribution in [2.24, 2.45) is 17.8 Å². The highest BCUT2D eigenvalue weighted by Crippen LogP contribution is 2.46. The van der Waals surface area contributed by atoms with Crippen LogP contribution >= 0.6 is 0 Å². The molecule has 5 atom stereocenters. The molecule has 0 aliphatic heterocycles. The summed E-state index contributed by atoms with van der Waals surface area (Å²) < 4.78 is 0. The Kier molecular flexibility index (Phi) is 7.80. The molecule has 1 saturated carbocycles. The molecule has 0 spiro atoms. The van der Waals surface area contributed by atoms with Crippen molar-refractivity contribution >= 4 is 11.6 Å². The lowest BCUT2D eigenvalue weighted by Crippen LogP contribution is -2.53. The number of hydrogen-bond acceptors (Lipinski definition) is 6. The fourth-order valence-electron chi connectivity index (χ4n) is 4.55. The quantitative estimate of drug-likeness (QED) is 0.463. The van der Waals surface area contributed by atoms with Crippen LogP contribution in [0.5, 0.6) is 0 Å². The van der Waals surface area contributed by atoms with Crippen molar-refractivity contribution in [3.05, 3.63) is 11.3 Å². The van der Waals surface area contributed by atoms with Crippen molar-refractivity contribution in [3.8, 4) is 0 Å². The number of aliphatic hydroxyl groups is 4. The molecule has 0 aromatic heterocycles. The van der Waals surface area contributed by atoms with Gasteiger partial charge in [0.25, 0.3) is 0 Å². The molecule has 1 fully saturated rings. The van der Waals surface area contributed by atoms with E-state index in [1.807, 2.05) is 0 Å². The first-order valence-corrected chi connectivity index (χ1v) is 9.89. The molecule has 6 heteroatoms. The third-order valence-corrected chi connectivity index (χ3v) is 5.89. The highest BCUT2D eigenvalue weighted by Gasteiger charge is 2.53. The minimum Gasteiger partial charge on any atom is -0.504 e. The molecule has 2 aliphatic rings. The summed E-state index contributed by atoms with van der Waals surface area (Å²) in [6.45, 7) is 1.80. The first kappa shape index (κ1) is 21.1. The number of rotatable bonds is 9. The summed E-state index contributed by atoms with van der Waals surface area (Å²) in [5, 5.41) is 40.4. The van der Waals surface area contributed by atoms with E-state index in [1.165, 1.54) is 0 Å². The predicted octanol–water partition coefficient (Wildman–Crippen LogP) is 2.06. The Morgan fingerprint density at radius 2 is 1.73 bits per heavy atom. The molecule has 2 unspecified atom stereocenters. The van der Waals surface area contributed by atoms with Crippen LogP contribution in [0.2, 0.25) is 0 Å². The molecule has 6 nitrogen and oxygen atoms in total. The number of fused-ring (bicyclic) bond motifs is 1. The van der Waals surface area contributed by atoms with Gasteiger partial charge in [0.2, 0.25) is 5.78 Å². The fourth-order valence-corrected chi connectivity index (χ4v) is 4.55. The molecule has 0 amide bonds. The molecule has 148 valence electrons. The smallest absolute Gasteiger partial charge is 0.203 e. The maximum atomic E-state index is 12.7. The summed E-state index contributed by atoms with van der Waals surface area (Å²) in [6.07, 6.45) is 4.08. The van der Waals surface area contributed by atoms with Crippen molar-refractivity contribution in [1.82, 2.24) is 0 Å². The van der Waals surface area contributed by atoms with E-state index in [9.17, 15) is 30.0 Å². The van der Waals surface area contributed by atoms with E-state index in [-0.39, 0.29) is 25.2 Å². The minimum atomic E-state index is -0.964. The van der Waals surface area contributed by atoms with Gasteiger partial charge in [-0.2, -0.15) is 0 Å². The van der Waals surface area contributed by atoms with Crippen LogP contribution in [0.15, 0.2) is 11.3 Å². The van der Waals surface area contributed by atoms with Crippen LogP contribution in [-0.4, -0.2) is 50.8 Å². The van der Waals surface area contributed by atoms with Crippen LogP contribution in [-0.2, 0) is 9.59 Å². The Labute approximate surface area is 154 Å². The van der Waals surface area contributed by atoms with Gasteiger partial charge in [-0.25, -0.2) is 0 Å². The van der Waals surface area contributed by atoms with E-state index in [0.29, 0.717) is 18.4 Å². The van der Waals surface area contributed by atoms with Crippen molar-refractivity contribution < 1.29 is 30.0 Å². The van der Waals surface area contributed by atoms with E-state index in [1.54, 1.807) is 0 Å². The molecule has 0 radical (unpaired) electrons. The highest BCUT2D eigenvalue weighted by molar-refractivity contribution is 6.00. The maximum Gasteiger partial charge on any atom is 0.203 e. The van der Waals surface area contributed by atoms with Gasteiger partial charge in [-0.1, -0.05) is 32.6 Å². The number of carbonyl (C=O) groups is 2. The van der Waals surface area contributed by atoms with E-state index < -0.39 is 41.5 Å². The molecular formula is C20H32O6. The fraction of sp³-hybridized carbons (Fsp3) is 0.800. The zero-order chi connectivity index (χ0) is 19.3. The molecule has 0 bridgehead atoms. The SMILES string of the molecule is CCCCCCCC1=C(O)C(=O)C2[C@H](C1C(=O)CCO)[C@@H](O)CC[C@H]2O. The molecule has 4 N–H and O–H groups in total. The lowest BCUT2D eigenvalue weighted by atomic mass is 9.60. The minimum absolute atomic E-state index is 0.0858. The standard InChI is InChI=1S/C20H32O6/c1-2-3-4-5-6-7-12-16(15(24)10-11-21)17-13(22)8-9-14(23)18(17)20(26)19(12)25/h13-14,16-18,21-23,25H,2-11H2,1H3/t13-,14+,16?,17-,18?/m0/s1. The Bertz CT molecular complexity index is 540. The second-order valence-electron chi connectivity index (χ2n) is 7.64. The predicted molar refractivity (Wildman–Crippen MR) is 96.5 cm³/mol.